The Bertz CT molecular complexity index is 288. The maximum atomic E-state index is 9.70. The Hall–Kier alpha value is -1.03. The smallest absolute Gasteiger partial charge is 0.159 e. The molecule has 1 aromatic heterocycles. The van der Waals surface area contributed by atoms with Crippen molar-refractivity contribution < 1.29 is 9.84 Å². The molecule has 0 aliphatic carbocycles. The first-order valence-corrected chi connectivity index (χ1v) is 5.99. The molecule has 1 heterocycles. The van der Waals surface area contributed by atoms with Crippen LogP contribution in [0.25, 0.3) is 0 Å². The van der Waals surface area contributed by atoms with E-state index in [2.05, 4.69) is 18.9 Å². The average molecular weight is 226 g/mol. The lowest BCUT2D eigenvalue weighted by atomic mass is 10.1. The summed E-state index contributed by atoms with van der Waals surface area (Å²) in [5, 5.41) is 13.9. The summed E-state index contributed by atoms with van der Waals surface area (Å²) in [4.78, 5) is 0. The summed E-state index contributed by atoms with van der Waals surface area (Å²) in [5.41, 5.74) is 1.08. The van der Waals surface area contributed by atoms with E-state index in [1.807, 2.05) is 4.68 Å². The van der Waals surface area contributed by atoms with Crippen molar-refractivity contribution in [2.24, 2.45) is 0 Å². The summed E-state index contributed by atoms with van der Waals surface area (Å²) in [6.45, 7) is 4.97. The number of aliphatic hydroxyl groups is 1. The molecule has 0 aromatic carbocycles. The lowest BCUT2D eigenvalue weighted by Gasteiger charge is -2.11. The van der Waals surface area contributed by atoms with E-state index in [0.717, 1.165) is 43.7 Å². The summed E-state index contributed by atoms with van der Waals surface area (Å²) in [6, 6.07) is 0. The van der Waals surface area contributed by atoms with Crippen LogP contribution in [0.3, 0.4) is 0 Å². The van der Waals surface area contributed by atoms with Crippen LogP contribution in [0.2, 0.25) is 0 Å². The first kappa shape index (κ1) is 13.0. The highest BCUT2D eigenvalue weighted by Crippen LogP contribution is 2.20. The normalized spacial score (nSPS) is 12.8. The van der Waals surface area contributed by atoms with Crippen molar-refractivity contribution in [2.45, 2.75) is 52.2 Å². The average Bonchev–Trinajstić information content (AvgIpc) is 2.68. The van der Waals surface area contributed by atoms with Gasteiger partial charge in [-0.2, -0.15) is 5.10 Å². The maximum absolute atomic E-state index is 9.70. The standard InChI is InChI=1S/C12H22N2O2/c1-4-6-10(15)7-8-11-12(16-3)9-13-14(11)5-2/h9-10,15H,4-8H2,1-3H3. The van der Waals surface area contributed by atoms with E-state index < -0.39 is 0 Å². The minimum atomic E-state index is -0.213. The number of methoxy groups -OCH3 is 1. The monoisotopic (exact) mass is 226 g/mol. The Morgan fingerprint density at radius 2 is 2.19 bits per heavy atom. The topological polar surface area (TPSA) is 47.3 Å². The molecule has 1 atom stereocenters. The molecule has 1 unspecified atom stereocenters. The van der Waals surface area contributed by atoms with Gasteiger partial charge in [-0.05, 0) is 26.2 Å². The van der Waals surface area contributed by atoms with Gasteiger partial charge in [-0.15, -0.1) is 0 Å². The molecule has 0 aliphatic rings. The third-order valence-electron chi connectivity index (χ3n) is 2.77. The number of nitrogens with zero attached hydrogens (tertiary/aromatic N) is 2. The third-order valence-corrected chi connectivity index (χ3v) is 2.77. The van der Waals surface area contributed by atoms with Crippen LogP contribution in [0.15, 0.2) is 6.20 Å². The Kier molecular flexibility index (Phi) is 5.32. The van der Waals surface area contributed by atoms with Gasteiger partial charge in [0.25, 0.3) is 0 Å². The SMILES string of the molecule is CCCC(O)CCc1c(OC)cnn1CC. The molecule has 0 spiro atoms. The number of aliphatic hydroxyl groups excluding tert-OH is 1. The number of hydrogen-bond donors (Lipinski definition) is 1. The molecule has 0 bridgehead atoms. The highest BCUT2D eigenvalue weighted by Gasteiger charge is 2.12. The Morgan fingerprint density at radius 3 is 2.75 bits per heavy atom. The van der Waals surface area contributed by atoms with Crippen LogP contribution in [0.1, 0.15) is 38.8 Å². The molecule has 0 radical (unpaired) electrons. The Labute approximate surface area is 97.2 Å². The zero-order chi connectivity index (χ0) is 12.0. The number of hydrogen-bond acceptors (Lipinski definition) is 3. The zero-order valence-corrected chi connectivity index (χ0v) is 10.4. The molecule has 92 valence electrons. The predicted octanol–water partition coefficient (Wildman–Crippen LogP) is 2.01. The maximum Gasteiger partial charge on any atom is 0.159 e. The van der Waals surface area contributed by atoms with E-state index in [1.165, 1.54) is 0 Å². The molecule has 1 aromatic rings. The van der Waals surface area contributed by atoms with Crippen LogP contribution in [0.5, 0.6) is 5.75 Å². The first-order valence-electron chi connectivity index (χ1n) is 5.99. The second-order valence-corrected chi connectivity index (χ2v) is 3.96. The van der Waals surface area contributed by atoms with Crippen molar-refractivity contribution in [2.75, 3.05) is 7.11 Å². The predicted molar refractivity (Wildman–Crippen MR) is 63.7 cm³/mol. The second-order valence-electron chi connectivity index (χ2n) is 3.96. The van der Waals surface area contributed by atoms with Crippen molar-refractivity contribution in [3.8, 4) is 5.75 Å². The van der Waals surface area contributed by atoms with Crippen LogP contribution in [0.4, 0.5) is 0 Å². The quantitative estimate of drug-likeness (QED) is 0.773. The second kappa shape index (κ2) is 6.53. The summed E-state index contributed by atoms with van der Waals surface area (Å²) < 4.78 is 7.18. The molecule has 0 saturated carbocycles. The molecule has 0 aliphatic heterocycles. The molecule has 0 amide bonds. The fraction of sp³-hybridized carbons (Fsp3) is 0.750. The van der Waals surface area contributed by atoms with E-state index in [0.29, 0.717) is 0 Å². The van der Waals surface area contributed by atoms with Crippen LogP contribution >= 0.6 is 0 Å². The third kappa shape index (κ3) is 3.23. The van der Waals surface area contributed by atoms with Crippen LogP contribution in [0, 0.1) is 0 Å². The number of ether oxygens (including phenoxy) is 1. The van der Waals surface area contributed by atoms with Crippen LogP contribution < -0.4 is 4.74 Å². The van der Waals surface area contributed by atoms with Gasteiger partial charge in [-0.1, -0.05) is 13.3 Å². The van der Waals surface area contributed by atoms with E-state index in [1.54, 1.807) is 13.3 Å². The largest absolute Gasteiger partial charge is 0.493 e. The Balaban J connectivity index is 2.60. The van der Waals surface area contributed by atoms with Crippen molar-refractivity contribution in [3.05, 3.63) is 11.9 Å². The lowest BCUT2D eigenvalue weighted by molar-refractivity contribution is 0.153. The van der Waals surface area contributed by atoms with Crippen molar-refractivity contribution >= 4 is 0 Å². The number of rotatable bonds is 7. The van der Waals surface area contributed by atoms with Gasteiger partial charge in [0.15, 0.2) is 5.75 Å². The van der Waals surface area contributed by atoms with Gasteiger partial charge in [0, 0.05) is 6.54 Å². The van der Waals surface area contributed by atoms with Gasteiger partial charge in [0.05, 0.1) is 25.1 Å². The molecule has 4 nitrogen and oxygen atoms in total. The summed E-state index contributed by atoms with van der Waals surface area (Å²) in [6.07, 6.45) is 5.00. The molecule has 1 rings (SSSR count). The minimum absolute atomic E-state index is 0.213. The van der Waals surface area contributed by atoms with Gasteiger partial charge in [-0.25, -0.2) is 0 Å². The first-order chi connectivity index (χ1) is 7.72. The zero-order valence-electron chi connectivity index (χ0n) is 10.4. The number of aromatic nitrogens is 2. The van der Waals surface area contributed by atoms with Crippen LogP contribution in [-0.4, -0.2) is 28.1 Å². The summed E-state index contributed by atoms with van der Waals surface area (Å²) in [5.74, 6) is 0.825. The van der Waals surface area contributed by atoms with E-state index in [9.17, 15) is 5.11 Å². The summed E-state index contributed by atoms with van der Waals surface area (Å²) in [7, 11) is 1.66. The highest BCUT2D eigenvalue weighted by molar-refractivity contribution is 5.25. The van der Waals surface area contributed by atoms with Gasteiger partial charge < -0.3 is 9.84 Å². The lowest BCUT2D eigenvalue weighted by Crippen LogP contribution is -2.10. The van der Waals surface area contributed by atoms with Gasteiger partial charge >= 0.3 is 0 Å². The molecule has 0 saturated heterocycles. The van der Waals surface area contributed by atoms with Crippen molar-refractivity contribution in [1.82, 2.24) is 9.78 Å². The van der Waals surface area contributed by atoms with Crippen molar-refractivity contribution in [1.29, 1.82) is 0 Å². The van der Waals surface area contributed by atoms with Crippen LogP contribution in [-0.2, 0) is 13.0 Å². The fourth-order valence-corrected chi connectivity index (χ4v) is 1.87. The molecular formula is C12H22N2O2. The fourth-order valence-electron chi connectivity index (χ4n) is 1.87. The molecule has 1 N–H and O–H groups in total. The van der Waals surface area contributed by atoms with E-state index >= 15 is 0 Å². The highest BCUT2D eigenvalue weighted by atomic mass is 16.5. The molecular weight excluding hydrogens is 204 g/mol. The van der Waals surface area contributed by atoms with Gasteiger partial charge in [0.1, 0.15) is 0 Å². The van der Waals surface area contributed by atoms with Gasteiger partial charge in [-0.3, -0.25) is 4.68 Å². The van der Waals surface area contributed by atoms with Crippen molar-refractivity contribution in [3.63, 3.8) is 0 Å². The summed E-state index contributed by atoms with van der Waals surface area (Å²) >= 11 is 0. The molecule has 0 fully saturated rings. The molecule has 16 heavy (non-hydrogen) atoms. The van der Waals surface area contributed by atoms with E-state index in [-0.39, 0.29) is 6.10 Å². The van der Waals surface area contributed by atoms with E-state index in [4.69, 9.17) is 4.74 Å². The minimum Gasteiger partial charge on any atom is -0.493 e. The molecule has 4 heteroatoms. The Morgan fingerprint density at radius 1 is 1.44 bits per heavy atom. The van der Waals surface area contributed by atoms with Gasteiger partial charge in [0.2, 0.25) is 0 Å². The number of aryl methyl sites for hydroxylation is 1.